The van der Waals surface area contributed by atoms with E-state index in [0.29, 0.717) is 0 Å². The Bertz CT molecular complexity index is 523. The summed E-state index contributed by atoms with van der Waals surface area (Å²) in [6, 6.07) is 0. The second-order valence-electron chi connectivity index (χ2n) is 2.76. The number of aromatic amines is 2. The fourth-order valence-corrected chi connectivity index (χ4v) is 0.997. The number of aromatic nitrogens is 4. The molecule has 0 saturated heterocycles. The van der Waals surface area contributed by atoms with E-state index in [1.54, 1.807) is 0 Å². The number of hydrogen-bond acceptors (Lipinski definition) is 7. The van der Waals surface area contributed by atoms with Gasteiger partial charge in [-0.3, -0.25) is 0 Å². The Hall–Kier alpha value is -2.98. The molecule has 0 aliphatic rings. The van der Waals surface area contributed by atoms with Crippen molar-refractivity contribution >= 4 is 11.9 Å². The average molecular weight is 240 g/mol. The molecule has 0 spiro atoms. The number of nitrogens with zero attached hydrogens (tertiary/aromatic N) is 4. The summed E-state index contributed by atoms with van der Waals surface area (Å²) in [6.45, 7) is 0. The Labute approximate surface area is 91.8 Å². The van der Waals surface area contributed by atoms with Crippen LogP contribution in [0.3, 0.4) is 0 Å². The Balaban J connectivity index is 2.13. The van der Waals surface area contributed by atoms with Gasteiger partial charge in [0.05, 0.1) is 0 Å². The number of ether oxygens (including phenoxy) is 1. The maximum Gasteiger partial charge on any atom is 0.435 e. The van der Waals surface area contributed by atoms with Gasteiger partial charge >= 0.3 is 11.9 Å². The van der Waals surface area contributed by atoms with Gasteiger partial charge in [-0.15, -0.1) is 0 Å². The van der Waals surface area contributed by atoms with Crippen molar-refractivity contribution in [3.8, 4) is 11.8 Å². The quantitative estimate of drug-likeness (QED) is 0.589. The van der Waals surface area contributed by atoms with Gasteiger partial charge in [-0.2, -0.15) is 0 Å². The van der Waals surface area contributed by atoms with Crippen LogP contribution in [-0.4, -0.2) is 29.8 Å². The second-order valence-corrected chi connectivity index (χ2v) is 2.76. The molecule has 11 heteroatoms. The van der Waals surface area contributed by atoms with Gasteiger partial charge in [0.25, 0.3) is 11.8 Å². The van der Waals surface area contributed by atoms with Crippen molar-refractivity contribution in [2.24, 2.45) is 0 Å². The van der Waals surface area contributed by atoms with E-state index in [-0.39, 0.29) is 11.8 Å². The van der Waals surface area contributed by atoms with E-state index in [0.717, 1.165) is 12.4 Å². The molecule has 0 bridgehead atoms. The summed E-state index contributed by atoms with van der Waals surface area (Å²) in [5.41, 5.74) is 0. The Morgan fingerprint density at radius 2 is 1.41 bits per heavy atom. The molecule has 0 aliphatic heterocycles. The van der Waals surface area contributed by atoms with Crippen LogP contribution in [0.4, 0.5) is 11.9 Å². The predicted molar refractivity (Wildman–Crippen MR) is 50.6 cm³/mol. The number of imidazole rings is 2. The minimum Gasteiger partial charge on any atom is -0.393 e. The maximum atomic E-state index is 10.3. The summed E-state index contributed by atoms with van der Waals surface area (Å²) < 4.78 is 5.00. The molecule has 0 aromatic carbocycles. The van der Waals surface area contributed by atoms with Gasteiger partial charge in [-0.05, 0) is 9.85 Å². The third-order valence-electron chi connectivity index (χ3n) is 1.64. The van der Waals surface area contributed by atoms with E-state index in [9.17, 15) is 20.2 Å². The van der Waals surface area contributed by atoms with Crippen molar-refractivity contribution in [1.82, 2.24) is 19.9 Å². The smallest absolute Gasteiger partial charge is 0.393 e. The molecule has 2 N–H and O–H groups in total. The van der Waals surface area contributed by atoms with Crippen molar-refractivity contribution in [2.75, 3.05) is 0 Å². The molecule has 0 atom stereocenters. The van der Waals surface area contributed by atoms with Crippen LogP contribution in [-0.2, 0) is 0 Å². The monoisotopic (exact) mass is 240 g/mol. The van der Waals surface area contributed by atoms with Crippen LogP contribution in [0.2, 0.25) is 0 Å². The molecule has 17 heavy (non-hydrogen) atoms. The van der Waals surface area contributed by atoms with Crippen molar-refractivity contribution in [1.29, 1.82) is 0 Å². The van der Waals surface area contributed by atoms with E-state index in [2.05, 4.69) is 19.9 Å². The largest absolute Gasteiger partial charge is 0.435 e. The van der Waals surface area contributed by atoms with E-state index in [4.69, 9.17) is 4.74 Å². The first-order valence-electron chi connectivity index (χ1n) is 4.13. The molecular weight excluding hydrogens is 236 g/mol. The fourth-order valence-electron chi connectivity index (χ4n) is 0.997. The van der Waals surface area contributed by atoms with Crippen LogP contribution in [0.1, 0.15) is 0 Å². The summed E-state index contributed by atoms with van der Waals surface area (Å²) >= 11 is 0. The van der Waals surface area contributed by atoms with E-state index >= 15 is 0 Å². The van der Waals surface area contributed by atoms with Gasteiger partial charge in [0.1, 0.15) is 0 Å². The normalized spacial score (nSPS) is 10.1. The van der Waals surface area contributed by atoms with Gasteiger partial charge < -0.3 is 25.0 Å². The van der Waals surface area contributed by atoms with Crippen LogP contribution in [0, 0.1) is 20.2 Å². The zero-order chi connectivity index (χ0) is 12.4. The maximum absolute atomic E-state index is 10.3. The summed E-state index contributed by atoms with van der Waals surface area (Å²) in [4.78, 5) is 30.5. The zero-order valence-corrected chi connectivity index (χ0v) is 7.98. The first kappa shape index (κ1) is 10.5. The molecule has 0 unspecified atom stereocenters. The van der Waals surface area contributed by atoms with Crippen molar-refractivity contribution in [3.63, 3.8) is 0 Å². The molecule has 0 radical (unpaired) electrons. The minimum atomic E-state index is -0.734. The van der Waals surface area contributed by atoms with Crippen LogP contribution >= 0.6 is 0 Å². The van der Waals surface area contributed by atoms with Gasteiger partial charge in [0.15, 0.2) is 12.4 Å². The average Bonchev–Trinajstić information content (AvgIpc) is 2.87. The molecule has 0 saturated carbocycles. The SMILES string of the molecule is O=[N+]([O-])c1ncc(Oc2cnc([N+](=O)[O-])[nH]2)[nH]1. The summed E-state index contributed by atoms with van der Waals surface area (Å²) in [7, 11) is 0. The Morgan fingerprint density at radius 1 is 1.00 bits per heavy atom. The number of nitro groups is 2. The van der Waals surface area contributed by atoms with Crippen molar-refractivity contribution < 1.29 is 14.6 Å². The highest BCUT2D eigenvalue weighted by Crippen LogP contribution is 2.20. The first-order valence-corrected chi connectivity index (χ1v) is 4.13. The third kappa shape index (κ3) is 2.17. The van der Waals surface area contributed by atoms with E-state index < -0.39 is 21.7 Å². The van der Waals surface area contributed by atoms with Gasteiger partial charge in [0.2, 0.25) is 0 Å². The standard InChI is InChI=1S/C6H4N6O5/c13-11(14)5-7-1-3(9-5)17-4-2-8-6(10-4)12(15)16/h1-2H,(H,7,9)(H,8,10). The number of nitrogens with one attached hydrogen (secondary N) is 2. The van der Waals surface area contributed by atoms with Gasteiger partial charge in [0, 0.05) is 0 Å². The number of H-pyrrole nitrogens is 2. The van der Waals surface area contributed by atoms with Crippen molar-refractivity contribution in [2.45, 2.75) is 0 Å². The number of hydrogen-bond donors (Lipinski definition) is 2. The lowest BCUT2D eigenvalue weighted by Gasteiger charge is -1.91. The fraction of sp³-hybridized carbons (Fsp3) is 0. The Morgan fingerprint density at radius 3 is 1.71 bits per heavy atom. The molecular formula is C6H4N6O5. The second kappa shape index (κ2) is 3.88. The van der Waals surface area contributed by atoms with Crippen LogP contribution in [0.5, 0.6) is 11.8 Å². The highest BCUT2D eigenvalue weighted by molar-refractivity contribution is 5.23. The Kier molecular flexibility index (Phi) is 2.40. The summed E-state index contributed by atoms with van der Waals surface area (Å²) in [5, 5.41) is 20.6. The van der Waals surface area contributed by atoms with E-state index in [1.807, 2.05) is 0 Å². The van der Waals surface area contributed by atoms with Crippen LogP contribution < -0.4 is 4.74 Å². The molecule has 11 nitrogen and oxygen atoms in total. The van der Waals surface area contributed by atoms with E-state index in [1.165, 1.54) is 0 Å². The summed E-state index contributed by atoms with van der Waals surface area (Å²) in [6.07, 6.45) is 2.15. The molecule has 0 aliphatic carbocycles. The lowest BCUT2D eigenvalue weighted by molar-refractivity contribution is -0.393. The molecule has 0 amide bonds. The van der Waals surface area contributed by atoms with Crippen molar-refractivity contribution in [3.05, 3.63) is 32.6 Å². The lowest BCUT2D eigenvalue weighted by Crippen LogP contribution is -1.91. The van der Waals surface area contributed by atoms with Gasteiger partial charge in [-0.1, -0.05) is 9.97 Å². The van der Waals surface area contributed by atoms with Crippen LogP contribution in [0.15, 0.2) is 12.4 Å². The molecule has 2 aromatic heterocycles. The summed E-state index contributed by atoms with van der Waals surface area (Å²) in [5.74, 6) is -1.05. The third-order valence-corrected chi connectivity index (χ3v) is 1.64. The highest BCUT2D eigenvalue weighted by Gasteiger charge is 2.17. The van der Waals surface area contributed by atoms with Gasteiger partial charge in [-0.25, -0.2) is 9.97 Å². The number of rotatable bonds is 4. The van der Waals surface area contributed by atoms with Crippen LogP contribution in [0.25, 0.3) is 0 Å². The highest BCUT2D eigenvalue weighted by atomic mass is 16.6. The molecule has 0 fully saturated rings. The topological polar surface area (TPSA) is 153 Å². The first-order chi connectivity index (χ1) is 8.06. The molecule has 2 rings (SSSR count). The zero-order valence-electron chi connectivity index (χ0n) is 7.98. The molecule has 2 aromatic rings. The molecule has 88 valence electrons. The predicted octanol–water partition coefficient (Wildman–Crippen LogP) is 0.741. The minimum absolute atomic E-state index is 0.0322. The lowest BCUT2D eigenvalue weighted by atomic mass is 10.8. The molecule has 2 heterocycles.